The van der Waals surface area contributed by atoms with Gasteiger partial charge in [-0.05, 0) is 24.3 Å². The number of anilines is 2. The van der Waals surface area contributed by atoms with Crippen LogP contribution in [0, 0.1) is 0 Å². The molecule has 0 fully saturated rings. The number of pyridine rings is 1. The minimum Gasteiger partial charge on any atom is -0.308 e. The molecule has 0 saturated heterocycles. The molecule has 0 spiro atoms. The van der Waals surface area contributed by atoms with E-state index in [4.69, 9.17) is 5.84 Å². The second-order valence-corrected chi connectivity index (χ2v) is 3.14. The summed E-state index contributed by atoms with van der Waals surface area (Å²) in [4.78, 5) is 15.7. The number of hydrogen-bond acceptors (Lipinski definition) is 6. The van der Waals surface area contributed by atoms with E-state index in [0.717, 1.165) is 0 Å². The molecule has 86 valence electrons. The maximum Gasteiger partial charge on any atom is 0.258 e. The first-order chi connectivity index (χ1) is 8.29. The smallest absolute Gasteiger partial charge is 0.258 e. The van der Waals surface area contributed by atoms with Crippen LogP contribution in [0.5, 0.6) is 0 Å². The molecule has 2 heterocycles. The summed E-state index contributed by atoms with van der Waals surface area (Å²) in [6, 6.07) is 6.54. The van der Waals surface area contributed by atoms with Crippen LogP contribution in [-0.4, -0.2) is 21.1 Å². The molecular formula is C10H10N6O. The molecule has 0 atom stereocenters. The van der Waals surface area contributed by atoms with Gasteiger partial charge in [0, 0.05) is 12.4 Å². The number of nitrogens with two attached hydrogens (primary N) is 1. The topological polar surface area (TPSA) is 106 Å². The molecule has 17 heavy (non-hydrogen) atoms. The highest BCUT2D eigenvalue weighted by Crippen LogP contribution is 2.06. The van der Waals surface area contributed by atoms with Crippen molar-refractivity contribution in [3.63, 3.8) is 0 Å². The molecule has 7 nitrogen and oxygen atoms in total. The Bertz CT molecular complexity index is 498. The second-order valence-electron chi connectivity index (χ2n) is 3.14. The first-order valence-corrected chi connectivity index (χ1v) is 4.81. The maximum absolute atomic E-state index is 11.7. The normalized spacial score (nSPS) is 9.71. The molecule has 0 aromatic carbocycles. The number of nitrogens with one attached hydrogen (secondary N) is 2. The van der Waals surface area contributed by atoms with Crippen molar-refractivity contribution in [2.24, 2.45) is 5.84 Å². The van der Waals surface area contributed by atoms with Crippen LogP contribution in [0.25, 0.3) is 0 Å². The lowest BCUT2D eigenvalue weighted by Crippen LogP contribution is -2.14. The van der Waals surface area contributed by atoms with Crippen molar-refractivity contribution in [2.45, 2.75) is 0 Å². The third-order valence-electron chi connectivity index (χ3n) is 1.99. The third-order valence-corrected chi connectivity index (χ3v) is 1.99. The molecule has 7 heteroatoms. The van der Waals surface area contributed by atoms with Gasteiger partial charge in [-0.2, -0.15) is 5.10 Å². The molecule has 2 aromatic heterocycles. The molecule has 2 rings (SSSR count). The Morgan fingerprint density at radius 2 is 2.12 bits per heavy atom. The second kappa shape index (κ2) is 4.99. The Kier molecular flexibility index (Phi) is 3.22. The predicted molar refractivity (Wildman–Crippen MR) is 62.0 cm³/mol. The third kappa shape index (κ3) is 2.73. The Hall–Kier alpha value is -2.54. The molecule has 0 radical (unpaired) electrons. The first kappa shape index (κ1) is 11.0. The molecular weight excluding hydrogens is 220 g/mol. The van der Waals surface area contributed by atoms with Crippen molar-refractivity contribution in [3.8, 4) is 0 Å². The number of carbonyl (C=O) groups is 1. The van der Waals surface area contributed by atoms with Crippen LogP contribution in [0.1, 0.15) is 10.4 Å². The van der Waals surface area contributed by atoms with Crippen molar-refractivity contribution < 1.29 is 4.79 Å². The lowest BCUT2D eigenvalue weighted by atomic mass is 10.2. The zero-order chi connectivity index (χ0) is 12.1. The Morgan fingerprint density at radius 3 is 2.71 bits per heavy atom. The van der Waals surface area contributed by atoms with E-state index in [9.17, 15) is 4.79 Å². The summed E-state index contributed by atoms with van der Waals surface area (Å²) in [6.07, 6.45) is 2.94. The van der Waals surface area contributed by atoms with Gasteiger partial charge in [-0.3, -0.25) is 4.79 Å². The van der Waals surface area contributed by atoms with Crippen molar-refractivity contribution in [3.05, 3.63) is 42.2 Å². The van der Waals surface area contributed by atoms with Crippen LogP contribution < -0.4 is 16.6 Å². The van der Waals surface area contributed by atoms with E-state index in [2.05, 4.69) is 25.9 Å². The molecule has 0 aliphatic carbocycles. The van der Waals surface area contributed by atoms with Crippen molar-refractivity contribution in [2.75, 3.05) is 10.7 Å². The highest BCUT2D eigenvalue weighted by Gasteiger charge is 2.06. The van der Waals surface area contributed by atoms with Crippen LogP contribution in [0.2, 0.25) is 0 Å². The SMILES string of the molecule is NNc1ccc(C(=O)Nc2cccnn2)cn1. The zero-order valence-electron chi connectivity index (χ0n) is 8.79. The summed E-state index contributed by atoms with van der Waals surface area (Å²) >= 11 is 0. The first-order valence-electron chi connectivity index (χ1n) is 4.81. The quantitative estimate of drug-likeness (QED) is 0.521. The van der Waals surface area contributed by atoms with Gasteiger partial charge < -0.3 is 10.7 Å². The van der Waals surface area contributed by atoms with Crippen molar-refractivity contribution in [1.29, 1.82) is 0 Å². The van der Waals surface area contributed by atoms with E-state index in [1.165, 1.54) is 12.4 Å². The van der Waals surface area contributed by atoms with Crippen LogP contribution >= 0.6 is 0 Å². The highest BCUT2D eigenvalue weighted by molar-refractivity contribution is 6.03. The summed E-state index contributed by atoms with van der Waals surface area (Å²) in [5.41, 5.74) is 2.79. The minimum absolute atomic E-state index is 0.304. The van der Waals surface area contributed by atoms with Gasteiger partial charge in [-0.25, -0.2) is 10.8 Å². The summed E-state index contributed by atoms with van der Waals surface area (Å²) in [5.74, 6) is 5.74. The summed E-state index contributed by atoms with van der Waals surface area (Å²) in [5, 5.41) is 9.99. The molecule has 0 bridgehead atoms. The van der Waals surface area contributed by atoms with Gasteiger partial charge in [0.25, 0.3) is 5.91 Å². The lowest BCUT2D eigenvalue weighted by Gasteiger charge is -2.03. The van der Waals surface area contributed by atoms with Crippen LogP contribution in [0.4, 0.5) is 11.6 Å². The van der Waals surface area contributed by atoms with E-state index in [-0.39, 0.29) is 5.91 Å². The minimum atomic E-state index is -0.304. The molecule has 0 saturated carbocycles. The van der Waals surface area contributed by atoms with Crippen LogP contribution in [-0.2, 0) is 0 Å². The summed E-state index contributed by atoms with van der Waals surface area (Å²) in [6.45, 7) is 0. The number of amides is 1. The van der Waals surface area contributed by atoms with Crippen LogP contribution in [0.15, 0.2) is 36.7 Å². The largest absolute Gasteiger partial charge is 0.308 e. The fourth-order valence-electron chi connectivity index (χ4n) is 1.17. The number of nitrogen functional groups attached to an aromatic ring is 1. The van der Waals surface area contributed by atoms with Gasteiger partial charge in [0.2, 0.25) is 0 Å². The Balaban J connectivity index is 2.09. The van der Waals surface area contributed by atoms with Crippen LogP contribution in [0.3, 0.4) is 0 Å². The Morgan fingerprint density at radius 1 is 1.24 bits per heavy atom. The van der Waals surface area contributed by atoms with Gasteiger partial charge in [0.15, 0.2) is 5.82 Å². The van der Waals surface area contributed by atoms with Gasteiger partial charge in [0.05, 0.1) is 5.56 Å². The monoisotopic (exact) mass is 230 g/mol. The molecule has 1 amide bonds. The zero-order valence-corrected chi connectivity index (χ0v) is 8.79. The number of carbonyl (C=O) groups excluding carboxylic acids is 1. The van der Waals surface area contributed by atoms with Gasteiger partial charge in [-0.1, -0.05) is 0 Å². The van der Waals surface area contributed by atoms with Gasteiger partial charge in [0.1, 0.15) is 5.82 Å². The molecule has 0 aliphatic heterocycles. The molecule has 0 aliphatic rings. The van der Waals surface area contributed by atoms with E-state index >= 15 is 0 Å². The number of aromatic nitrogens is 3. The van der Waals surface area contributed by atoms with E-state index in [0.29, 0.717) is 17.2 Å². The van der Waals surface area contributed by atoms with Crippen molar-refractivity contribution >= 4 is 17.5 Å². The Labute approximate surface area is 97.1 Å². The maximum atomic E-state index is 11.7. The standard InChI is InChI=1S/C10H10N6O/c11-15-8-4-3-7(6-12-8)10(17)14-9-2-1-5-13-16-9/h1-6H,11H2,(H,12,15)(H,14,16,17). The van der Waals surface area contributed by atoms with E-state index in [1.54, 1.807) is 24.3 Å². The molecule has 0 unspecified atom stereocenters. The number of nitrogens with zero attached hydrogens (tertiary/aromatic N) is 3. The highest BCUT2D eigenvalue weighted by atomic mass is 16.1. The van der Waals surface area contributed by atoms with Gasteiger partial charge >= 0.3 is 0 Å². The molecule has 4 N–H and O–H groups in total. The predicted octanol–water partition coefficient (Wildman–Crippen LogP) is 0.410. The summed E-state index contributed by atoms with van der Waals surface area (Å²) in [7, 11) is 0. The molecule has 2 aromatic rings. The number of rotatable bonds is 3. The number of hydrazine groups is 1. The van der Waals surface area contributed by atoms with Crippen molar-refractivity contribution in [1.82, 2.24) is 15.2 Å². The van der Waals surface area contributed by atoms with E-state index < -0.39 is 0 Å². The van der Waals surface area contributed by atoms with E-state index in [1.807, 2.05) is 0 Å². The summed E-state index contributed by atoms with van der Waals surface area (Å²) < 4.78 is 0. The fraction of sp³-hybridized carbons (Fsp3) is 0. The fourth-order valence-corrected chi connectivity index (χ4v) is 1.17. The lowest BCUT2D eigenvalue weighted by molar-refractivity contribution is 0.102. The average Bonchev–Trinajstić information content (AvgIpc) is 2.40. The average molecular weight is 230 g/mol. The number of hydrogen-bond donors (Lipinski definition) is 3. The van der Waals surface area contributed by atoms with Gasteiger partial charge in [-0.15, -0.1) is 5.10 Å².